The van der Waals surface area contributed by atoms with Gasteiger partial charge in [0, 0.05) is 12.8 Å². The first-order valence-corrected chi connectivity index (χ1v) is 7.95. The number of pyridine rings is 1. The fraction of sp³-hybridized carbons (Fsp3) is 0.278. The molecule has 0 radical (unpaired) electrons. The molecule has 0 aliphatic carbocycles. The SMILES string of the molecule is CCC(=O)Nc1nc(N(Cc2ccccc2)C(=O)CC)ccc1N. The topological polar surface area (TPSA) is 88.3 Å². The Balaban J connectivity index is 2.34. The number of nitrogens with zero attached hydrogens (tertiary/aromatic N) is 2. The molecule has 0 aliphatic rings. The number of amides is 2. The monoisotopic (exact) mass is 326 g/mol. The lowest BCUT2D eigenvalue weighted by Gasteiger charge is -2.22. The number of nitrogen functional groups attached to an aromatic ring is 1. The highest BCUT2D eigenvalue weighted by molar-refractivity contribution is 5.95. The molecular weight excluding hydrogens is 304 g/mol. The Morgan fingerprint density at radius 2 is 1.79 bits per heavy atom. The van der Waals surface area contributed by atoms with E-state index in [9.17, 15) is 9.59 Å². The van der Waals surface area contributed by atoms with Crippen molar-refractivity contribution in [1.82, 2.24) is 4.98 Å². The molecule has 0 saturated heterocycles. The van der Waals surface area contributed by atoms with Gasteiger partial charge in [0.2, 0.25) is 11.8 Å². The minimum Gasteiger partial charge on any atom is -0.396 e. The average Bonchev–Trinajstić information content (AvgIpc) is 2.61. The summed E-state index contributed by atoms with van der Waals surface area (Å²) >= 11 is 0. The van der Waals surface area contributed by atoms with Gasteiger partial charge in [-0.3, -0.25) is 14.5 Å². The summed E-state index contributed by atoms with van der Waals surface area (Å²) in [5, 5.41) is 2.66. The second kappa shape index (κ2) is 8.10. The minimum atomic E-state index is -0.178. The van der Waals surface area contributed by atoms with Crippen LogP contribution in [0, 0.1) is 0 Å². The standard InChI is InChI=1S/C18H22N4O2/c1-3-16(23)21-18-14(19)10-11-15(20-18)22(17(24)4-2)12-13-8-6-5-7-9-13/h5-11H,3-4,12,19H2,1-2H3,(H,20,21,23). The van der Waals surface area contributed by atoms with E-state index in [1.807, 2.05) is 30.3 Å². The van der Waals surface area contributed by atoms with Gasteiger partial charge in [-0.05, 0) is 17.7 Å². The van der Waals surface area contributed by atoms with Crippen molar-refractivity contribution >= 4 is 29.1 Å². The highest BCUT2D eigenvalue weighted by Crippen LogP contribution is 2.23. The van der Waals surface area contributed by atoms with Crippen LogP contribution in [0.25, 0.3) is 0 Å². The number of carbonyl (C=O) groups excluding carboxylic acids is 2. The molecule has 0 unspecified atom stereocenters. The summed E-state index contributed by atoms with van der Waals surface area (Å²) in [5.74, 6) is 0.513. The number of nitrogens with two attached hydrogens (primary N) is 1. The number of benzene rings is 1. The molecule has 2 rings (SSSR count). The zero-order valence-corrected chi connectivity index (χ0v) is 14.0. The second-order valence-corrected chi connectivity index (χ2v) is 5.33. The van der Waals surface area contributed by atoms with Gasteiger partial charge in [-0.15, -0.1) is 0 Å². The first-order chi connectivity index (χ1) is 11.5. The van der Waals surface area contributed by atoms with Gasteiger partial charge < -0.3 is 11.1 Å². The molecule has 0 spiro atoms. The number of rotatable bonds is 6. The largest absolute Gasteiger partial charge is 0.396 e. The highest BCUT2D eigenvalue weighted by Gasteiger charge is 2.17. The Morgan fingerprint density at radius 3 is 2.42 bits per heavy atom. The van der Waals surface area contributed by atoms with Crippen LogP contribution in [0.5, 0.6) is 0 Å². The number of anilines is 3. The fourth-order valence-electron chi connectivity index (χ4n) is 2.18. The van der Waals surface area contributed by atoms with Crippen molar-refractivity contribution < 1.29 is 9.59 Å². The first-order valence-electron chi connectivity index (χ1n) is 7.95. The van der Waals surface area contributed by atoms with Crippen LogP contribution < -0.4 is 16.0 Å². The van der Waals surface area contributed by atoms with Crippen LogP contribution in [0.1, 0.15) is 32.3 Å². The summed E-state index contributed by atoms with van der Waals surface area (Å²) in [4.78, 5) is 29.9. The van der Waals surface area contributed by atoms with E-state index in [1.165, 1.54) is 0 Å². The summed E-state index contributed by atoms with van der Waals surface area (Å²) in [6.45, 7) is 3.96. The summed E-state index contributed by atoms with van der Waals surface area (Å²) in [5.41, 5.74) is 7.24. The van der Waals surface area contributed by atoms with Gasteiger partial charge in [0.1, 0.15) is 5.82 Å². The molecule has 3 N–H and O–H groups in total. The highest BCUT2D eigenvalue weighted by atomic mass is 16.2. The molecule has 126 valence electrons. The van der Waals surface area contributed by atoms with Crippen LogP contribution in [0.15, 0.2) is 42.5 Å². The number of hydrogen-bond donors (Lipinski definition) is 2. The predicted octanol–water partition coefficient (Wildman–Crippen LogP) is 2.96. The molecule has 6 heteroatoms. The molecule has 2 aromatic rings. The first kappa shape index (κ1) is 17.5. The van der Waals surface area contributed by atoms with Crippen molar-refractivity contribution in [2.45, 2.75) is 33.2 Å². The van der Waals surface area contributed by atoms with E-state index >= 15 is 0 Å². The number of carbonyl (C=O) groups is 2. The molecule has 0 saturated carbocycles. The van der Waals surface area contributed by atoms with Crippen LogP contribution in [-0.2, 0) is 16.1 Å². The lowest BCUT2D eigenvalue weighted by Crippen LogP contribution is -2.30. The smallest absolute Gasteiger partial charge is 0.228 e. The molecule has 0 bridgehead atoms. The Kier molecular flexibility index (Phi) is 5.89. The number of nitrogens with one attached hydrogen (secondary N) is 1. The maximum absolute atomic E-state index is 12.4. The Bertz CT molecular complexity index is 716. The van der Waals surface area contributed by atoms with Crippen molar-refractivity contribution in [3.8, 4) is 0 Å². The van der Waals surface area contributed by atoms with E-state index in [0.717, 1.165) is 5.56 Å². The predicted molar refractivity (Wildman–Crippen MR) is 95.5 cm³/mol. The molecule has 0 fully saturated rings. The minimum absolute atomic E-state index is 0.0520. The van der Waals surface area contributed by atoms with Crippen LogP contribution in [-0.4, -0.2) is 16.8 Å². The van der Waals surface area contributed by atoms with Crippen LogP contribution in [0.2, 0.25) is 0 Å². The molecule has 1 aromatic heterocycles. The lowest BCUT2D eigenvalue weighted by molar-refractivity contribution is -0.118. The second-order valence-electron chi connectivity index (χ2n) is 5.33. The lowest BCUT2D eigenvalue weighted by atomic mass is 10.2. The van der Waals surface area contributed by atoms with E-state index in [1.54, 1.807) is 30.9 Å². The van der Waals surface area contributed by atoms with Crippen molar-refractivity contribution in [3.05, 3.63) is 48.0 Å². The Hall–Kier alpha value is -2.89. The van der Waals surface area contributed by atoms with E-state index in [2.05, 4.69) is 10.3 Å². The number of hydrogen-bond acceptors (Lipinski definition) is 4. The van der Waals surface area contributed by atoms with Gasteiger partial charge in [-0.2, -0.15) is 0 Å². The molecule has 1 heterocycles. The van der Waals surface area contributed by atoms with Gasteiger partial charge in [0.05, 0.1) is 12.2 Å². The zero-order valence-electron chi connectivity index (χ0n) is 14.0. The quantitative estimate of drug-likeness (QED) is 0.854. The molecule has 0 aliphatic heterocycles. The van der Waals surface area contributed by atoms with Crippen molar-refractivity contribution in [2.24, 2.45) is 0 Å². The third-order valence-electron chi connectivity index (χ3n) is 3.55. The van der Waals surface area contributed by atoms with Crippen molar-refractivity contribution in [3.63, 3.8) is 0 Å². The molecule has 6 nitrogen and oxygen atoms in total. The maximum atomic E-state index is 12.4. The molecule has 24 heavy (non-hydrogen) atoms. The van der Waals surface area contributed by atoms with E-state index in [4.69, 9.17) is 5.73 Å². The molecule has 1 aromatic carbocycles. The fourth-order valence-corrected chi connectivity index (χ4v) is 2.18. The van der Waals surface area contributed by atoms with Crippen LogP contribution >= 0.6 is 0 Å². The van der Waals surface area contributed by atoms with Gasteiger partial charge in [0.15, 0.2) is 5.82 Å². The zero-order chi connectivity index (χ0) is 17.5. The van der Waals surface area contributed by atoms with Crippen LogP contribution in [0.4, 0.5) is 17.3 Å². The third kappa shape index (κ3) is 4.32. The normalized spacial score (nSPS) is 10.2. The van der Waals surface area contributed by atoms with Gasteiger partial charge in [0.25, 0.3) is 0 Å². The van der Waals surface area contributed by atoms with Gasteiger partial charge >= 0.3 is 0 Å². The maximum Gasteiger partial charge on any atom is 0.228 e. The summed E-state index contributed by atoms with van der Waals surface area (Å²) < 4.78 is 0. The van der Waals surface area contributed by atoms with E-state index in [0.29, 0.717) is 30.9 Å². The Morgan fingerprint density at radius 1 is 1.08 bits per heavy atom. The summed E-state index contributed by atoms with van der Waals surface area (Å²) in [6.07, 6.45) is 0.683. The Labute approximate surface area is 141 Å². The summed E-state index contributed by atoms with van der Waals surface area (Å²) in [6, 6.07) is 13.0. The average molecular weight is 326 g/mol. The summed E-state index contributed by atoms with van der Waals surface area (Å²) in [7, 11) is 0. The molecule has 0 atom stereocenters. The van der Waals surface area contributed by atoms with Gasteiger partial charge in [-0.1, -0.05) is 44.2 Å². The van der Waals surface area contributed by atoms with E-state index < -0.39 is 0 Å². The van der Waals surface area contributed by atoms with Crippen LogP contribution in [0.3, 0.4) is 0 Å². The number of aromatic nitrogens is 1. The van der Waals surface area contributed by atoms with Crippen molar-refractivity contribution in [2.75, 3.05) is 16.0 Å². The van der Waals surface area contributed by atoms with E-state index in [-0.39, 0.29) is 17.6 Å². The third-order valence-corrected chi connectivity index (χ3v) is 3.55. The van der Waals surface area contributed by atoms with Gasteiger partial charge in [-0.25, -0.2) is 4.98 Å². The molecular formula is C18H22N4O2. The van der Waals surface area contributed by atoms with Crippen molar-refractivity contribution in [1.29, 1.82) is 0 Å². The molecule has 2 amide bonds.